The molecule has 3 heteroatoms. The lowest BCUT2D eigenvalue weighted by Gasteiger charge is -2.18. The second kappa shape index (κ2) is 5.75. The van der Waals surface area contributed by atoms with Gasteiger partial charge in [0, 0.05) is 24.8 Å². The maximum Gasteiger partial charge on any atom is 0.121 e. The lowest BCUT2D eigenvalue weighted by molar-refractivity contribution is 0.313. The van der Waals surface area contributed by atoms with Gasteiger partial charge in [-0.25, -0.2) is 0 Å². The first-order chi connectivity index (χ1) is 7.90. The van der Waals surface area contributed by atoms with Gasteiger partial charge in [-0.1, -0.05) is 6.07 Å². The Labute approximate surface area is 97.2 Å². The second-order valence-corrected chi connectivity index (χ2v) is 4.18. The number of nitrogens with two attached hydrogens (primary N) is 1. The molecule has 3 nitrogen and oxygen atoms in total. The quantitative estimate of drug-likeness (QED) is 0.771. The van der Waals surface area contributed by atoms with Crippen LogP contribution < -0.4 is 15.4 Å². The van der Waals surface area contributed by atoms with Gasteiger partial charge in [0.15, 0.2) is 0 Å². The van der Waals surface area contributed by atoms with Crippen molar-refractivity contribution >= 4 is 5.69 Å². The number of ether oxygens (including phenoxy) is 1. The molecular formula is C13H20N2O. The standard InChI is InChI=1S/C13H20N2O/c14-7-4-10-16-13-6-3-5-12(11-13)15-8-1-2-9-15/h3,5-6,11H,1-2,4,7-10,14H2. The van der Waals surface area contributed by atoms with Gasteiger partial charge in [-0.15, -0.1) is 0 Å². The van der Waals surface area contributed by atoms with Crippen molar-refractivity contribution in [3.8, 4) is 5.75 Å². The summed E-state index contributed by atoms with van der Waals surface area (Å²) in [6.07, 6.45) is 3.52. The minimum Gasteiger partial charge on any atom is -0.493 e. The van der Waals surface area contributed by atoms with Gasteiger partial charge < -0.3 is 15.4 Å². The van der Waals surface area contributed by atoms with Gasteiger partial charge in [-0.2, -0.15) is 0 Å². The Balaban J connectivity index is 1.95. The van der Waals surface area contributed by atoms with Crippen LogP contribution in [0, 0.1) is 0 Å². The summed E-state index contributed by atoms with van der Waals surface area (Å²) >= 11 is 0. The molecule has 0 atom stereocenters. The zero-order valence-corrected chi connectivity index (χ0v) is 9.69. The number of rotatable bonds is 5. The summed E-state index contributed by atoms with van der Waals surface area (Å²) in [6.45, 7) is 3.74. The molecule has 0 unspecified atom stereocenters. The fourth-order valence-corrected chi connectivity index (χ4v) is 2.02. The van der Waals surface area contributed by atoms with Crippen LogP contribution in [0.3, 0.4) is 0 Å². The zero-order valence-electron chi connectivity index (χ0n) is 9.69. The van der Waals surface area contributed by atoms with Crippen molar-refractivity contribution in [2.45, 2.75) is 19.3 Å². The van der Waals surface area contributed by atoms with Gasteiger partial charge >= 0.3 is 0 Å². The highest BCUT2D eigenvalue weighted by molar-refractivity contribution is 5.51. The SMILES string of the molecule is NCCCOc1cccc(N2CCCC2)c1. The Bertz CT molecular complexity index is 321. The van der Waals surface area contributed by atoms with Gasteiger partial charge in [-0.05, 0) is 37.9 Å². The van der Waals surface area contributed by atoms with E-state index in [0.717, 1.165) is 12.2 Å². The summed E-state index contributed by atoms with van der Waals surface area (Å²) in [7, 11) is 0. The average Bonchev–Trinajstić information content (AvgIpc) is 2.83. The van der Waals surface area contributed by atoms with Crippen LogP contribution in [0.2, 0.25) is 0 Å². The molecule has 1 saturated heterocycles. The summed E-state index contributed by atoms with van der Waals surface area (Å²) < 4.78 is 5.64. The normalized spacial score (nSPS) is 15.4. The summed E-state index contributed by atoms with van der Waals surface area (Å²) in [5.41, 5.74) is 6.71. The average molecular weight is 220 g/mol. The highest BCUT2D eigenvalue weighted by Crippen LogP contribution is 2.24. The number of hydrogen-bond donors (Lipinski definition) is 1. The van der Waals surface area contributed by atoms with Crippen molar-refractivity contribution in [3.05, 3.63) is 24.3 Å². The minimum atomic E-state index is 0.686. The van der Waals surface area contributed by atoms with E-state index in [-0.39, 0.29) is 0 Å². The molecule has 1 aromatic rings. The fourth-order valence-electron chi connectivity index (χ4n) is 2.02. The molecule has 88 valence electrons. The molecule has 16 heavy (non-hydrogen) atoms. The van der Waals surface area contributed by atoms with Gasteiger partial charge in [0.25, 0.3) is 0 Å². The zero-order chi connectivity index (χ0) is 11.2. The molecule has 1 fully saturated rings. The van der Waals surface area contributed by atoms with E-state index in [1.54, 1.807) is 0 Å². The molecule has 2 N–H and O–H groups in total. The van der Waals surface area contributed by atoms with Crippen LogP contribution in [0.5, 0.6) is 5.75 Å². The van der Waals surface area contributed by atoms with E-state index in [0.29, 0.717) is 13.2 Å². The Kier molecular flexibility index (Phi) is 4.05. The Morgan fingerprint density at radius 2 is 2.06 bits per heavy atom. The smallest absolute Gasteiger partial charge is 0.121 e. The second-order valence-electron chi connectivity index (χ2n) is 4.18. The number of hydrogen-bond acceptors (Lipinski definition) is 3. The van der Waals surface area contributed by atoms with Gasteiger partial charge in [0.05, 0.1) is 6.61 Å². The molecule has 1 heterocycles. The number of nitrogens with zero attached hydrogens (tertiary/aromatic N) is 1. The van der Waals surface area contributed by atoms with E-state index in [1.807, 2.05) is 6.07 Å². The van der Waals surface area contributed by atoms with Crippen LogP contribution in [-0.2, 0) is 0 Å². The lowest BCUT2D eigenvalue weighted by atomic mass is 10.3. The topological polar surface area (TPSA) is 38.5 Å². The molecule has 1 aliphatic heterocycles. The summed E-state index contributed by atoms with van der Waals surface area (Å²) in [6, 6.07) is 8.35. The highest BCUT2D eigenvalue weighted by atomic mass is 16.5. The monoisotopic (exact) mass is 220 g/mol. The molecule has 0 aliphatic carbocycles. The van der Waals surface area contributed by atoms with Crippen molar-refractivity contribution in [2.24, 2.45) is 5.73 Å². The molecule has 0 spiro atoms. The molecule has 2 rings (SSSR count). The maximum atomic E-state index is 5.64. The van der Waals surface area contributed by atoms with Crippen LogP contribution in [-0.4, -0.2) is 26.2 Å². The summed E-state index contributed by atoms with van der Waals surface area (Å²) in [5.74, 6) is 0.956. The van der Waals surface area contributed by atoms with E-state index in [4.69, 9.17) is 10.5 Å². The van der Waals surface area contributed by atoms with Gasteiger partial charge in [-0.3, -0.25) is 0 Å². The van der Waals surface area contributed by atoms with E-state index >= 15 is 0 Å². The van der Waals surface area contributed by atoms with Crippen LogP contribution in [0.25, 0.3) is 0 Å². The molecule has 1 aliphatic rings. The molecule has 0 aromatic heterocycles. The Hall–Kier alpha value is -1.22. The maximum absolute atomic E-state index is 5.64. The van der Waals surface area contributed by atoms with Crippen LogP contribution >= 0.6 is 0 Å². The third kappa shape index (κ3) is 2.89. The van der Waals surface area contributed by atoms with E-state index < -0.39 is 0 Å². The first kappa shape index (κ1) is 11.3. The first-order valence-electron chi connectivity index (χ1n) is 6.08. The third-order valence-corrected chi connectivity index (χ3v) is 2.91. The molecule has 0 amide bonds. The van der Waals surface area contributed by atoms with Crippen LogP contribution in [0.1, 0.15) is 19.3 Å². The van der Waals surface area contributed by atoms with Crippen LogP contribution in [0.4, 0.5) is 5.69 Å². The fraction of sp³-hybridized carbons (Fsp3) is 0.538. The largest absolute Gasteiger partial charge is 0.493 e. The van der Waals surface area contributed by atoms with Crippen molar-refractivity contribution in [1.82, 2.24) is 0 Å². The van der Waals surface area contributed by atoms with E-state index in [1.165, 1.54) is 31.6 Å². The first-order valence-corrected chi connectivity index (χ1v) is 6.08. The number of benzene rings is 1. The molecule has 0 bridgehead atoms. The van der Waals surface area contributed by atoms with Crippen molar-refractivity contribution < 1.29 is 4.74 Å². The highest BCUT2D eigenvalue weighted by Gasteiger charge is 2.12. The molecular weight excluding hydrogens is 200 g/mol. The van der Waals surface area contributed by atoms with Gasteiger partial charge in [0.2, 0.25) is 0 Å². The predicted octanol–water partition coefficient (Wildman–Crippen LogP) is 2.01. The Morgan fingerprint density at radius 1 is 1.25 bits per heavy atom. The molecule has 0 radical (unpaired) electrons. The molecule has 0 saturated carbocycles. The van der Waals surface area contributed by atoms with Crippen LogP contribution in [0.15, 0.2) is 24.3 Å². The van der Waals surface area contributed by atoms with Gasteiger partial charge in [0.1, 0.15) is 5.75 Å². The van der Waals surface area contributed by atoms with Crippen molar-refractivity contribution in [2.75, 3.05) is 31.1 Å². The summed E-state index contributed by atoms with van der Waals surface area (Å²) in [5, 5.41) is 0. The third-order valence-electron chi connectivity index (χ3n) is 2.91. The van der Waals surface area contributed by atoms with Crippen molar-refractivity contribution in [1.29, 1.82) is 0 Å². The van der Waals surface area contributed by atoms with Crippen molar-refractivity contribution in [3.63, 3.8) is 0 Å². The van der Waals surface area contributed by atoms with E-state index in [2.05, 4.69) is 23.1 Å². The predicted molar refractivity (Wildman–Crippen MR) is 67.1 cm³/mol. The lowest BCUT2D eigenvalue weighted by Crippen LogP contribution is -2.17. The Morgan fingerprint density at radius 3 is 2.81 bits per heavy atom. The van der Waals surface area contributed by atoms with E-state index in [9.17, 15) is 0 Å². The number of anilines is 1. The molecule has 1 aromatic carbocycles. The summed E-state index contributed by atoms with van der Waals surface area (Å²) in [4.78, 5) is 2.41. The minimum absolute atomic E-state index is 0.686.